The molecule has 0 bridgehead atoms. The van der Waals surface area contributed by atoms with Gasteiger partial charge >= 0.3 is 6.03 Å². The SMILES string of the molecule is O=C(NCCN1C(=O)c2ccccc2C1=O)Nc1ccc(O)cc1. The number of carbonyl (C=O) groups is 3. The Kier molecular flexibility index (Phi) is 4.15. The van der Waals surface area contributed by atoms with Crippen LogP contribution in [0.15, 0.2) is 48.5 Å². The summed E-state index contributed by atoms with van der Waals surface area (Å²) in [5.74, 6) is -0.598. The summed E-state index contributed by atoms with van der Waals surface area (Å²) in [4.78, 5) is 37.2. The van der Waals surface area contributed by atoms with Gasteiger partial charge in [-0.3, -0.25) is 14.5 Å². The van der Waals surface area contributed by atoms with Gasteiger partial charge in [-0.05, 0) is 36.4 Å². The molecule has 122 valence electrons. The van der Waals surface area contributed by atoms with E-state index in [1.165, 1.54) is 12.1 Å². The third-order valence-electron chi connectivity index (χ3n) is 3.62. The van der Waals surface area contributed by atoms with Crippen molar-refractivity contribution < 1.29 is 19.5 Å². The van der Waals surface area contributed by atoms with Crippen molar-refractivity contribution >= 4 is 23.5 Å². The fourth-order valence-electron chi connectivity index (χ4n) is 2.44. The first-order valence-corrected chi connectivity index (χ1v) is 7.35. The van der Waals surface area contributed by atoms with Gasteiger partial charge in [0.25, 0.3) is 11.8 Å². The number of amides is 4. The predicted octanol–water partition coefficient (Wildman–Crippen LogP) is 1.81. The number of hydrogen-bond acceptors (Lipinski definition) is 4. The van der Waals surface area contributed by atoms with Gasteiger partial charge in [0, 0.05) is 18.8 Å². The number of urea groups is 1. The second-order valence-corrected chi connectivity index (χ2v) is 5.24. The van der Waals surface area contributed by atoms with Gasteiger partial charge in [0.1, 0.15) is 5.75 Å². The molecule has 7 heteroatoms. The predicted molar refractivity (Wildman–Crippen MR) is 86.9 cm³/mol. The number of phenols is 1. The molecule has 1 aliphatic heterocycles. The van der Waals surface area contributed by atoms with E-state index in [2.05, 4.69) is 10.6 Å². The maximum Gasteiger partial charge on any atom is 0.319 e. The summed E-state index contributed by atoms with van der Waals surface area (Å²) >= 11 is 0. The minimum absolute atomic E-state index is 0.0926. The van der Waals surface area contributed by atoms with Gasteiger partial charge in [-0.25, -0.2) is 4.79 Å². The molecule has 0 atom stereocenters. The highest BCUT2D eigenvalue weighted by atomic mass is 16.3. The van der Waals surface area contributed by atoms with Crippen LogP contribution >= 0.6 is 0 Å². The monoisotopic (exact) mass is 325 g/mol. The van der Waals surface area contributed by atoms with Crippen LogP contribution in [-0.2, 0) is 0 Å². The number of aromatic hydroxyl groups is 1. The quantitative estimate of drug-likeness (QED) is 0.590. The average Bonchev–Trinajstić information content (AvgIpc) is 2.82. The van der Waals surface area contributed by atoms with Crippen molar-refractivity contribution in [3.05, 3.63) is 59.7 Å². The Morgan fingerprint density at radius 1 is 0.958 bits per heavy atom. The van der Waals surface area contributed by atoms with Gasteiger partial charge in [0.05, 0.1) is 11.1 Å². The van der Waals surface area contributed by atoms with Crippen molar-refractivity contribution in [3.8, 4) is 5.75 Å². The van der Waals surface area contributed by atoms with Crippen molar-refractivity contribution in [2.75, 3.05) is 18.4 Å². The summed E-state index contributed by atoms with van der Waals surface area (Å²) in [6, 6.07) is 12.2. The Morgan fingerprint density at radius 2 is 1.54 bits per heavy atom. The van der Waals surface area contributed by atoms with E-state index >= 15 is 0 Å². The smallest absolute Gasteiger partial charge is 0.319 e. The summed E-state index contributed by atoms with van der Waals surface area (Å²) in [5.41, 5.74) is 1.29. The first-order valence-electron chi connectivity index (χ1n) is 7.35. The molecule has 0 unspecified atom stereocenters. The molecule has 0 aromatic heterocycles. The molecule has 0 saturated heterocycles. The molecule has 0 radical (unpaired) electrons. The number of carbonyl (C=O) groups excluding carboxylic acids is 3. The Bertz CT molecular complexity index is 767. The standard InChI is InChI=1S/C17H15N3O4/c21-12-7-5-11(6-8-12)19-17(24)18-9-10-20-15(22)13-3-1-2-4-14(13)16(20)23/h1-8,21H,9-10H2,(H2,18,19,24). The highest BCUT2D eigenvalue weighted by Gasteiger charge is 2.34. The van der Waals surface area contributed by atoms with Crippen LogP contribution in [0, 0.1) is 0 Å². The fraction of sp³-hybridized carbons (Fsp3) is 0.118. The maximum atomic E-state index is 12.2. The molecule has 2 aromatic rings. The van der Waals surface area contributed by atoms with Gasteiger partial charge in [-0.15, -0.1) is 0 Å². The van der Waals surface area contributed by atoms with Crippen LogP contribution in [0.5, 0.6) is 5.75 Å². The second-order valence-electron chi connectivity index (χ2n) is 5.24. The van der Waals surface area contributed by atoms with E-state index in [9.17, 15) is 19.5 Å². The summed E-state index contributed by atoms with van der Waals surface area (Å²) < 4.78 is 0. The molecule has 3 rings (SSSR count). The first kappa shape index (κ1) is 15.5. The lowest BCUT2D eigenvalue weighted by atomic mass is 10.1. The van der Waals surface area contributed by atoms with Crippen molar-refractivity contribution in [2.24, 2.45) is 0 Å². The molecule has 0 aliphatic carbocycles. The first-order chi connectivity index (χ1) is 11.6. The van der Waals surface area contributed by atoms with E-state index in [0.29, 0.717) is 16.8 Å². The number of hydrogen-bond donors (Lipinski definition) is 3. The molecule has 1 aliphatic rings. The Balaban J connectivity index is 1.52. The van der Waals surface area contributed by atoms with Crippen LogP contribution in [0.25, 0.3) is 0 Å². The lowest BCUT2D eigenvalue weighted by Gasteiger charge is -2.14. The summed E-state index contributed by atoms with van der Waals surface area (Å²) in [5, 5.41) is 14.3. The zero-order valence-electron chi connectivity index (χ0n) is 12.7. The van der Waals surface area contributed by atoms with Gasteiger partial charge in [-0.2, -0.15) is 0 Å². The number of nitrogens with one attached hydrogen (secondary N) is 2. The molecule has 7 nitrogen and oxygen atoms in total. The average molecular weight is 325 g/mol. The molecule has 2 aromatic carbocycles. The normalized spacial score (nSPS) is 12.9. The van der Waals surface area contributed by atoms with Crippen molar-refractivity contribution in [1.29, 1.82) is 0 Å². The minimum Gasteiger partial charge on any atom is -0.508 e. The Morgan fingerprint density at radius 3 is 2.12 bits per heavy atom. The molecule has 24 heavy (non-hydrogen) atoms. The number of imide groups is 1. The molecule has 0 spiro atoms. The van der Waals surface area contributed by atoms with Crippen molar-refractivity contribution in [2.45, 2.75) is 0 Å². The molecule has 3 N–H and O–H groups in total. The lowest BCUT2D eigenvalue weighted by molar-refractivity contribution is 0.0656. The van der Waals surface area contributed by atoms with E-state index in [1.807, 2.05) is 0 Å². The molecule has 0 fully saturated rings. The topological polar surface area (TPSA) is 98.7 Å². The van der Waals surface area contributed by atoms with E-state index in [4.69, 9.17) is 0 Å². The zero-order valence-corrected chi connectivity index (χ0v) is 12.7. The third-order valence-corrected chi connectivity index (χ3v) is 3.62. The zero-order chi connectivity index (χ0) is 17.1. The van der Waals surface area contributed by atoms with Gasteiger partial charge < -0.3 is 15.7 Å². The Labute approximate surface area is 137 Å². The number of fused-ring (bicyclic) bond motifs is 1. The number of benzene rings is 2. The highest BCUT2D eigenvalue weighted by molar-refractivity contribution is 6.21. The van der Waals surface area contributed by atoms with Crippen LogP contribution < -0.4 is 10.6 Å². The van der Waals surface area contributed by atoms with E-state index in [-0.39, 0.29) is 30.7 Å². The third kappa shape index (κ3) is 3.05. The Hall–Kier alpha value is -3.35. The number of anilines is 1. The summed E-state index contributed by atoms with van der Waals surface area (Å²) in [6.45, 7) is 0.227. The highest BCUT2D eigenvalue weighted by Crippen LogP contribution is 2.21. The minimum atomic E-state index is -0.461. The largest absolute Gasteiger partial charge is 0.508 e. The van der Waals surface area contributed by atoms with E-state index in [0.717, 1.165) is 4.90 Å². The van der Waals surface area contributed by atoms with E-state index in [1.54, 1.807) is 36.4 Å². The molecular formula is C17H15N3O4. The van der Waals surface area contributed by atoms with Crippen molar-refractivity contribution in [3.63, 3.8) is 0 Å². The number of nitrogens with zero attached hydrogens (tertiary/aromatic N) is 1. The van der Waals surface area contributed by atoms with Crippen LogP contribution in [0.1, 0.15) is 20.7 Å². The van der Waals surface area contributed by atoms with Gasteiger partial charge in [-0.1, -0.05) is 12.1 Å². The second kappa shape index (κ2) is 6.41. The summed E-state index contributed by atoms with van der Waals surface area (Å²) in [7, 11) is 0. The summed E-state index contributed by atoms with van der Waals surface area (Å²) in [6.07, 6.45) is 0. The molecular weight excluding hydrogens is 310 g/mol. The maximum absolute atomic E-state index is 12.2. The van der Waals surface area contributed by atoms with Crippen LogP contribution in [-0.4, -0.2) is 40.9 Å². The van der Waals surface area contributed by atoms with Gasteiger partial charge in [0.2, 0.25) is 0 Å². The number of rotatable bonds is 4. The van der Waals surface area contributed by atoms with Crippen LogP contribution in [0.2, 0.25) is 0 Å². The number of phenolic OH excluding ortho intramolecular Hbond substituents is 1. The lowest BCUT2D eigenvalue weighted by Crippen LogP contribution is -2.39. The molecule has 4 amide bonds. The molecule has 1 heterocycles. The van der Waals surface area contributed by atoms with E-state index < -0.39 is 6.03 Å². The van der Waals surface area contributed by atoms with Crippen molar-refractivity contribution in [1.82, 2.24) is 10.2 Å². The van der Waals surface area contributed by atoms with Crippen LogP contribution in [0.3, 0.4) is 0 Å². The fourth-order valence-corrected chi connectivity index (χ4v) is 2.44. The van der Waals surface area contributed by atoms with Crippen LogP contribution in [0.4, 0.5) is 10.5 Å². The molecule has 0 saturated carbocycles. The van der Waals surface area contributed by atoms with Gasteiger partial charge in [0.15, 0.2) is 0 Å².